The van der Waals surface area contributed by atoms with Gasteiger partial charge in [-0.25, -0.2) is 9.97 Å². The summed E-state index contributed by atoms with van der Waals surface area (Å²) in [5, 5.41) is 2.31. The largest absolute Gasteiger partial charge is 0.323 e. The Morgan fingerprint density at radius 3 is 2.53 bits per heavy atom. The molecule has 0 aliphatic carbocycles. The van der Waals surface area contributed by atoms with Crippen LogP contribution in [-0.4, -0.2) is 19.5 Å². The lowest BCUT2D eigenvalue weighted by Crippen LogP contribution is -2.01. The molecule has 0 unspecified atom stereocenters. The van der Waals surface area contributed by atoms with Crippen LogP contribution in [0.2, 0.25) is 10.0 Å². The van der Waals surface area contributed by atoms with Crippen molar-refractivity contribution in [2.24, 2.45) is 0 Å². The van der Waals surface area contributed by atoms with Crippen LogP contribution in [0.5, 0.6) is 0 Å². The maximum atomic E-state index is 6.66. The van der Waals surface area contributed by atoms with Crippen LogP contribution in [0.15, 0.2) is 66.9 Å². The van der Waals surface area contributed by atoms with E-state index in [-0.39, 0.29) is 0 Å². The first kappa shape index (κ1) is 19.0. The van der Waals surface area contributed by atoms with E-state index in [1.807, 2.05) is 60.7 Å². The summed E-state index contributed by atoms with van der Waals surface area (Å²) in [5.41, 5.74) is 4.97. The van der Waals surface area contributed by atoms with Crippen LogP contribution in [0.3, 0.4) is 0 Å². The zero-order chi connectivity index (χ0) is 20.7. The van der Waals surface area contributed by atoms with Gasteiger partial charge in [-0.1, -0.05) is 60.5 Å². The molecule has 0 fully saturated rings. The Morgan fingerprint density at radius 2 is 1.70 bits per heavy atom. The number of nitrogens with zero attached hydrogens (tertiary/aromatic N) is 4. The van der Waals surface area contributed by atoms with E-state index in [1.165, 1.54) is 0 Å². The predicted molar refractivity (Wildman–Crippen MR) is 124 cm³/mol. The maximum Gasteiger partial charge on any atom is 0.142 e. The van der Waals surface area contributed by atoms with Crippen molar-refractivity contribution in [3.05, 3.63) is 76.9 Å². The molecule has 0 amide bonds. The van der Waals surface area contributed by atoms with E-state index in [9.17, 15) is 0 Å². The van der Waals surface area contributed by atoms with Crippen LogP contribution in [-0.2, 0) is 6.54 Å². The number of pyridine rings is 2. The minimum atomic E-state index is 0.538. The Kier molecular flexibility index (Phi) is 4.89. The van der Waals surface area contributed by atoms with Gasteiger partial charge in [0.25, 0.3) is 0 Å². The van der Waals surface area contributed by atoms with Crippen molar-refractivity contribution >= 4 is 45.1 Å². The summed E-state index contributed by atoms with van der Waals surface area (Å²) >= 11 is 13.1. The Hall–Kier alpha value is -2.95. The predicted octanol–water partition coefficient (Wildman–Crippen LogP) is 7.03. The number of imidazole rings is 1. The molecule has 3 heterocycles. The number of aryl methyl sites for hydroxylation is 1. The molecular formula is C24H18Cl2N4. The van der Waals surface area contributed by atoms with Crippen molar-refractivity contribution in [1.82, 2.24) is 19.5 Å². The van der Waals surface area contributed by atoms with E-state index >= 15 is 0 Å². The summed E-state index contributed by atoms with van der Waals surface area (Å²) in [5.74, 6) is 0.812. The fraction of sp³-hybridized carbons (Fsp3) is 0.125. The van der Waals surface area contributed by atoms with Crippen LogP contribution >= 0.6 is 23.2 Å². The lowest BCUT2D eigenvalue weighted by molar-refractivity contribution is 0.704. The van der Waals surface area contributed by atoms with Gasteiger partial charge in [-0.05, 0) is 36.8 Å². The van der Waals surface area contributed by atoms with Gasteiger partial charge in [0.2, 0.25) is 0 Å². The molecule has 0 aliphatic rings. The van der Waals surface area contributed by atoms with Gasteiger partial charge in [-0.3, -0.25) is 4.98 Å². The van der Waals surface area contributed by atoms with Crippen LogP contribution < -0.4 is 0 Å². The second-order valence-electron chi connectivity index (χ2n) is 7.14. The standard InChI is InChI=1S/C24H18Cl2N4/c1-2-12-30-23-17(25)7-5-9-21(23)29-24(30)16-13-18(26)22(27-14-16)20-11-10-15-6-3-4-8-19(15)28-20/h3-11,13-14H,2,12H2,1H3. The van der Waals surface area contributed by atoms with Gasteiger partial charge < -0.3 is 4.57 Å². The summed E-state index contributed by atoms with van der Waals surface area (Å²) in [4.78, 5) is 14.2. The fourth-order valence-electron chi connectivity index (χ4n) is 3.75. The SMILES string of the molecule is CCCn1c(-c2cnc(-c3ccc4ccccc4n3)c(Cl)c2)nc2cccc(Cl)c21. The minimum absolute atomic E-state index is 0.538. The minimum Gasteiger partial charge on any atom is -0.323 e. The Morgan fingerprint density at radius 1 is 0.867 bits per heavy atom. The van der Waals surface area contributed by atoms with Gasteiger partial charge >= 0.3 is 0 Å². The van der Waals surface area contributed by atoms with Crippen molar-refractivity contribution in [3.63, 3.8) is 0 Å². The Labute approximate surface area is 184 Å². The molecule has 5 rings (SSSR count). The third-order valence-corrected chi connectivity index (χ3v) is 5.70. The van der Waals surface area contributed by atoms with Gasteiger partial charge in [0, 0.05) is 23.7 Å². The summed E-state index contributed by atoms with van der Waals surface area (Å²) in [6, 6.07) is 19.7. The van der Waals surface area contributed by atoms with E-state index in [0.29, 0.717) is 15.7 Å². The summed E-state index contributed by atoms with van der Waals surface area (Å²) in [7, 11) is 0. The number of hydrogen-bond donors (Lipinski definition) is 0. The Bertz CT molecular complexity index is 1390. The second kappa shape index (κ2) is 7.71. The first-order valence-electron chi connectivity index (χ1n) is 9.82. The first-order chi connectivity index (χ1) is 14.7. The normalized spacial score (nSPS) is 11.4. The van der Waals surface area contributed by atoms with Crippen molar-refractivity contribution in [2.75, 3.05) is 0 Å². The number of para-hydroxylation sites is 2. The lowest BCUT2D eigenvalue weighted by atomic mass is 10.1. The van der Waals surface area contributed by atoms with Crippen molar-refractivity contribution < 1.29 is 0 Å². The number of aromatic nitrogens is 4. The molecule has 0 atom stereocenters. The molecule has 2 aromatic carbocycles. The summed E-state index contributed by atoms with van der Waals surface area (Å²) in [6.45, 7) is 2.94. The number of halogens is 2. The smallest absolute Gasteiger partial charge is 0.142 e. The average molecular weight is 433 g/mol. The quantitative estimate of drug-likeness (QED) is 0.306. The van der Waals surface area contributed by atoms with E-state index < -0.39 is 0 Å². The van der Waals surface area contributed by atoms with Crippen LogP contribution in [0, 0.1) is 0 Å². The van der Waals surface area contributed by atoms with E-state index in [2.05, 4.69) is 16.5 Å². The van der Waals surface area contributed by atoms with Gasteiger partial charge in [0.15, 0.2) is 0 Å². The first-order valence-corrected chi connectivity index (χ1v) is 10.6. The van der Waals surface area contributed by atoms with Crippen LogP contribution in [0.25, 0.3) is 44.7 Å². The van der Waals surface area contributed by atoms with Gasteiger partial charge in [0.05, 0.1) is 32.3 Å². The molecule has 3 aromatic heterocycles. The summed E-state index contributed by atoms with van der Waals surface area (Å²) in [6.07, 6.45) is 2.77. The fourth-order valence-corrected chi connectivity index (χ4v) is 4.28. The topological polar surface area (TPSA) is 43.6 Å². The molecule has 0 bridgehead atoms. The van der Waals surface area contributed by atoms with Crippen molar-refractivity contribution in [2.45, 2.75) is 19.9 Å². The zero-order valence-electron chi connectivity index (χ0n) is 16.3. The van der Waals surface area contributed by atoms with Gasteiger partial charge in [-0.15, -0.1) is 0 Å². The van der Waals surface area contributed by atoms with Crippen molar-refractivity contribution in [3.8, 4) is 22.8 Å². The molecule has 0 aliphatic heterocycles. The third-order valence-electron chi connectivity index (χ3n) is 5.11. The molecule has 0 saturated heterocycles. The van der Waals surface area contributed by atoms with E-state index in [0.717, 1.165) is 52.0 Å². The monoisotopic (exact) mass is 432 g/mol. The highest BCUT2D eigenvalue weighted by Gasteiger charge is 2.17. The molecule has 4 nitrogen and oxygen atoms in total. The maximum absolute atomic E-state index is 6.66. The highest BCUT2D eigenvalue weighted by molar-refractivity contribution is 6.35. The summed E-state index contributed by atoms with van der Waals surface area (Å²) < 4.78 is 2.14. The van der Waals surface area contributed by atoms with E-state index in [1.54, 1.807) is 6.20 Å². The molecule has 0 radical (unpaired) electrons. The number of benzene rings is 2. The van der Waals surface area contributed by atoms with E-state index in [4.69, 9.17) is 33.2 Å². The van der Waals surface area contributed by atoms with Crippen LogP contribution in [0.1, 0.15) is 13.3 Å². The van der Waals surface area contributed by atoms with Crippen molar-refractivity contribution in [1.29, 1.82) is 0 Å². The lowest BCUT2D eigenvalue weighted by Gasteiger charge is -2.10. The number of hydrogen-bond acceptors (Lipinski definition) is 3. The average Bonchev–Trinajstić information content (AvgIpc) is 3.13. The molecule has 148 valence electrons. The third kappa shape index (κ3) is 3.22. The molecular weight excluding hydrogens is 415 g/mol. The molecule has 5 aromatic rings. The molecule has 0 spiro atoms. The van der Waals surface area contributed by atoms with Gasteiger partial charge in [-0.2, -0.15) is 0 Å². The molecule has 0 N–H and O–H groups in total. The number of rotatable bonds is 4. The van der Waals surface area contributed by atoms with Gasteiger partial charge in [0.1, 0.15) is 11.5 Å². The highest BCUT2D eigenvalue weighted by Crippen LogP contribution is 2.33. The molecule has 30 heavy (non-hydrogen) atoms. The Balaban J connectivity index is 1.63. The molecule has 0 saturated carbocycles. The van der Waals surface area contributed by atoms with Crippen LogP contribution in [0.4, 0.5) is 0 Å². The number of fused-ring (bicyclic) bond motifs is 2. The zero-order valence-corrected chi connectivity index (χ0v) is 17.8. The second-order valence-corrected chi connectivity index (χ2v) is 7.95. The highest BCUT2D eigenvalue weighted by atomic mass is 35.5. The molecule has 6 heteroatoms.